The molecule has 0 bridgehead atoms. The molecule has 0 radical (unpaired) electrons. The average Bonchev–Trinajstić information content (AvgIpc) is 2.54. The van der Waals surface area contributed by atoms with E-state index in [1.807, 2.05) is 6.07 Å². The first-order chi connectivity index (χ1) is 11.5. The number of amides is 2. The number of aromatic hydroxyl groups is 1. The number of nitrogens with one attached hydrogen (secondary N) is 2. The summed E-state index contributed by atoms with van der Waals surface area (Å²) in [6, 6.07) is 11.1. The van der Waals surface area contributed by atoms with Gasteiger partial charge in [-0.3, -0.25) is 20.4 Å². The Morgan fingerprint density at radius 3 is 2.54 bits per heavy atom. The highest BCUT2D eigenvalue weighted by atomic mass is 35.5. The van der Waals surface area contributed by atoms with Crippen LogP contribution in [0.4, 0.5) is 0 Å². The number of phenolic OH excluding ortho intramolecular Hbond substituents is 1. The van der Waals surface area contributed by atoms with E-state index < -0.39 is 11.8 Å². The van der Waals surface area contributed by atoms with Gasteiger partial charge in [-0.25, -0.2) is 0 Å². The molecule has 0 fully saturated rings. The molecule has 126 valence electrons. The maximum absolute atomic E-state index is 11.8. The molecule has 0 aromatic heterocycles. The minimum absolute atomic E-state index is 0.0170. The van der Waals surface area contributed by atoms with Gasteiger partial charge in [0.25, 0.3) is 11.8 Å². The molecule has 2 aromatic rings. The molecule has 2 aromatic carbocycles. The minimum Gasteiger partial charge on any atom is -0.507 e. The summed E-state index contributed by atoms with van der Waals surface area (Å²) in [7, 11) is 0. The van der Waals surface area contributed by atoms with Gasteiger partial charge < -0.3 is 9.84 Å². The zero-order valence-electron chi connectivity index (χ0n) is 12.4. The van der Waals surface area contributed by atoms with Gasteiger partial charge in [-0.05, 0) is 29.8 Å². The molecular weight excluding hydrogens is 355 g/mol. The van der Waals surface area contributed by atoms with Crippen LogP contribution < -0.4 is 10.9 Å². The molecule has 8 heteroatoms. The van der Waals surface area contributed by atoms with Crippen molar-refractivity contribution in [3.05, 3.63) is 63.6 Å². The van der Waals surface area contributed by atoms with Crippen LogP contribution in [0.3, 0.4) is 0 Å². The van der Waals surface area contributed by atoms with Gasteiger partial charge in [0.1, 0.15) is 12.4 Å². The lowest BCUT2D eigenvalue weighted by Crippen LogP contribution is -2.43. The van der Waals surface area contributed by atoms with Gasteiger partial charge >= 0.3 is 0 Å². The first-order valence-corrected chi connectivity index (χ1v) is 7.62. The number of carbonyl (C=O) groups excluding carboxylic acids is 2. The highest BCUT2D eigenvalue weighted by Crippen LogP contribution is 2.21. The van der Waals surface area contributed by atoms with E-state index in [1.165, 1.54) is 18.2 Å². The number of phenols is 1. The van der Waals surface area contributed by atoms with Crippen molar-refractivity contribution in [2.75, 3.05) is 6.61 Å². The van der Waals surface area contributed by atoms with E-state index in [2.05, 4.69) is 10.9 Å². The summed E-state index contributed by atoms with van der Waals surface area (Å²) in [5, 5.41) is 10.5. The molecule has 2 amide bonds. The van der Waals surface area contributed by atoms with Crippen molar-refractivity contribution < 1.29 is 19.4 Å². The fourth-order valence-electron chi connectivity index (χ4n) is 1.80. The van der Waals surface area contributed by atoms with Gasteiger partial charge in [-0.15, -0.1) is 0 Å². The summed E-state index contributed by atoms with van der Waals surface area (Å²) in [4.78, 5) is 23.5. The van der Waals surface area contributed by atoms with E-state index in [0.29, 0.717) is 10.0 Å². The largest absolute Gasteiger partial charge is 0.507 e. The Kier molecular flexibility index (Phi) is 6.43. The molecule has 0 spiro atoms. The van der Waals surface area contributed by atoms with E-state index in [9.17, 15) is 14.7 Å². The molecular formula is C16H14Cl2N2O4. The molecule has 0 aliphatic heterocycles. The van der Waals surface area contributed by atoms with Crippen LogP contribution in [0.5, 0.6) is 5.75 Å². The van der Waals surface area contributed by atoms with Crippen molar-refractivity contribution in [1.29, 1.82) is 0 Å². The number of halogens is 2. The van der Waals surface area contributed by atoms with Gasteiger partial charge in [-0.1, -0.05) is 41.4 Å². The zero-order valence-corrected chi connectivity index (χ0v) is 13.9. The average molecular weight is 369 g/mol. The first-order valence-electron chi connectivity index (χ1n) is 6.86. The lowest BCUT2D eigenvalue weighted by Gasteiger charge is -2.09. The third-order valence-corrected chi connectivity index (χ3v) is 3.57. The number of hydrazine groups is 1. The summed E-state index contributed by atoms with van der Waals surface area (Å²) in [5.74, 6) is -1.52. The molecule has 0 heterocycles. The first kappa shape index (κ1) is 18.1. The Bertz CT molecular complexity index is 753. The Labute approximate surface area is 148 Å². The normalized spacial score (nSPS) is 10.2. The molecule has 6 nitrogen and oxygen atoms in total. The van der Waals surface area contributed by atoms with Crippen LogP contribution in [-0.4, -0.2) is 23.5 Å². The summed E-state index contributed by atoms with van der Waals surface area (Å²) >= 11 is 11.6. The number of hydrogen-bond donors (Lipinski definition) is 3. The quantitative estimate of drug-likeness (QED) is 0.708. The topological polar surface area (TPSA) is 87.7 Å². The van der Waals surface area contributed by atoms with Gasteiger partial charge in [0.2, 0.25) is 0 Å². The van der Waals surface area contributed by atoms with Gasteiger partial charge in [-0.2, -0.15) is 0 Å². The van der Waals surface area contributed by atoms with Gasteiger partial charge in [0, 0.05) is 10.0 Å². The van der Waals surface area contributed by atoms with Crippen molar-refractivity contribution in [3.8, 4) is 5.75 Å². The Morgan fingerprint density at radius 2 is 1.83 bits per heavy atom. The highest BCUT2D eigenvalue weighted by molar-refractivity contribution is 6.31. The monoisotopic (exact) mass is 368 g/mol. The SMILES string of the molecule is O=C(COCc1ccccc1Cl)NNC(=O)c1ccc(Cl)cc1O. The second kappa shape index (κ2) is 8.54. The van der Waals surface area contributed by atoms with E-state index in [1.54, 1.807) is 18.2 Å². The number of carbonyl (C=O) groups is 2. The minimum atomic E-state index is -0.677. The molecule has 0 saturated heterocycles. The maximum Gasteiger partial charge on any atom is 0.273 e. The maximum atomic E-state index is 11.8. The molecule has 0 aliphatic rings. The summed E-state index contributed by atoms with van der Waals surface area (Å²) in [5.41, 5.74) is 5.09. The van der Waals surface area contributed by atoms with E-state index in [0.717, 1.165) is 5.56 Å². The molecule has 0 unspecified atom stereocenters. The number of ether oxygens (including phenoxy) is 1. The summed E-state index contributed by atoms with van der Waals surface area (Å²) in [6.45, 7) is -0.100. The van der Waals surface area contributed by atoms with Crippen LogP contribution in [-0.2, 0) is 16.1 Å². The predicted molar refractivity (Wildman–Crippen MR) is 89.8 cm³/mol. The predicted octanol–water partition coefficient (Wildman–Crippen LogP) is 2.68. The highest BCUT2D eigenvalue weighted by Gasteiger charge is 2.12. The van der Waals surface area contributed by atoms with Crippen LogP contribution in [0.15, 0.2) is 42.5 Å². The third-order valence-electron chi connectivity index (χ3n) is 2.97. The van der Waals surface area contributed by atoms with Crippen LogP contribution in [0.25, 0.3) is 0 Å². The van der Waals surface area contributed by atoms with Crippen molar-refractivity contribution in [3.63, 3.8) is 0 Å². The van der Waals surface area contributed by atoms with Crippen LogP contribution >= 0.6 is 23.2 Å². The van der Waals surface area contributed by atoms with E-state index in [4.69, 9.17) is 27.9 Å². The van der Waals surface area contributed by atoms with Gasteiger partial charge in [0.15, 0.2) is 0 Å². The lowest BCUT2D eigenvalue weighted by molar-refractivity contribution is -0.126. The van der Waals surface area contributed by atoms with Crippen molar-refractivity contribution >= 4 is 35.0 Å². The van der Waals surface area contributed by atoms with Crippen molar-refractivity contribution in [2.24, 2.45) is 0 Å². The fraction of sp³-hybridized carbons (Fsp3) is 0.125. The smallest absolute Gasteiger partial charge is 0.273 e. The molecule has 0 aliphatic carbocycles. The Hall–Kier alpha value is -2.28. The summed E-state index contributed by atoms with van der Waals surface area (Å²) < 4.78 is 5.23. The van der Waals surface area contributed by atoms with Crippen LogP contribution in [0.2, 0.25) is 10.0 Å². The van der Waals surface area contributed by atoms with Crippen LogP contribution in [0, 0.1) is 0 Å². The van der Waals surface area contributed by atoms with Gasteiger partial charge in [0.05, 0.1) is 12.2 Å². The summed E-state index contributed by atoms with van der Waals surface area (Å²) in [6.07, 6.45) is 0. The Morgan fingerprint density at radius 1 is 1.08 bits per heavy atom. The van der Waals surface area contributed by atoms with Crippen molar-refractivity contribution in [2.45, 2.75) is 6.61 Å². The molecule has 0 atom stereocenters. The second-order valence-electron chi connectivity index (χ2n) is 4.75. The molecule has 2 rings (SSSR count). The second-order valence-corrected chi connectivity index (χ2v) is 5.59. The van der Waals surface area contributed by atoms with Crippen LogP contribution in [0.1, 0.15) is 15.9 Å². The molecule has 3 N–H and O–H groups in total. The lowest BCUT2D eigenvalue weighted by atomic mass is 10.2. The molecule has 24 heavy (non-hydrogen) atoms. The molecule has 0 saturated carbocycles. The van der Waals surface area contributed by atoms with Crippen molar-refractivity contribution in [1.82, 2.24) is 10.9 Å². The zero-order chi connectivity index (χ0) is 17.5. The third kappa shape index (κ3) is 5.13. The number of benzene rings is 2. The Balaban J connectivity index is 1.77. The van der Waals surface area contributed by atoms with E-state index >= 15 is 0 Å². The standard InChI is InChI=1S/C16H14Cl2N2O4/c17-11-5-6-12(14(21)7-11)16(23)20-19-15(22)9-24-8-10-3-1-2-4-13(10)18/h1-7,21H,8-9H2,(H,19,22)(H,20,23). The fourth-order valence-corrected chi connectivity index (χ4v) is 2.15. The number of rotatable bonds is 5. The van der Waals surface area contributed by atoms with E-state index in [-0.39, 0.29) is 24.5 Å². The number of hydrogen-bond acceptors (Lipinski definition) is 4.